The van der Waals surface area contributed by atoms with Crippen LogP contribution in [0.25, 0.3) is 5.70 Å². The second kappa shape index (κ2) is 7.55. The van der Waals surface area contributed by atoms with E-state index in [4.69, 9.17) is 11.5 Å². The molecule has 1 aliphatic heterocycles. The Bertz CT molecular complexity index is 1210. The predicted molar refractivity (Wildman–Crippen MR) is 110 cm³/mol. The quantitative estimate of drug-likeness (QED) is 0.746. The zero-order valence-electron chi connectivity index (χ0n) is 14.8. The van der Waals surface area contributed by atoms with E-state index in [1.807, 2.05) is 0 Å². The second-order valence-electron chi connectivity index (χ2n) is 6.11. The van der Waals surface area contributed by atoms with Gasteiger partial charge in [-0.1, -0.05) is 12.1 Å². The highest BCUT2D eigenvalue weighted by molar-refractivity contribution is 9.10. The Hall–Kier alpha value is -3.62. The van der Waals surface area contributed by atoms with Crippen molar-refractivity contribution in [2.45, 2.75) is 5.92 Å². The third kappa shape index (κ3) is 3.11. The molecule has 3 rings (SSSR count). The van der Waals surface area contributed by atoms with Gasteiger partial charge < -0.3 is 16.0 Å². The van der Waals surface area contributed by atoms with E-state index in [-0.39, 0.29) is 17.0 Å². The molecule has 0 aliphatic carbocycles. The zero-order chi connectivity index (χ0) is 20.4. The third-order valence-corrected chi connectivity index (χ3v) is 5.41. The Labute approximate surface area is 169 Å². The highest BCUT2D eigenvalue weighted by Gasteiger charge is 2.33. The van der Waals surface area contributed by atoms with E-state index in [0.29, 0.717) is 32.4 Å². The van der Waals surface area contributed by atoms with Crippen LogP contribution in [0.3, 0.4) is 0 Å². The van der Waals surface area contributed by atoms with Gasteiger partial charge in [-0.15, -0.1) is 0 Å². The number of allylic oxidation sites excluding steroid dienone is 1. The number of rotatable bonds is 2. The number of hydrogen-bond acceptors (Lipinski definition) is 6. The van der Waals surface area contributed by atoms with E-state index in [1.54, 1.807) is 37.5 Å². The molecule has 1 aromatic carbocycles. The van der Waals surface area contributed by atoms with Crippen LogP contribution in [0, 0.1) is 22.7 Å². The largest absolute Gasteiger partial charge is 0.404 e. The van der Waals surface area contributed by atoms with Gasteiger partial charge in [0.25, 0.3) is 5.56 Å². The molecule has 7 nitrogen and oxygen atoms in total. The van der Waals surface area contributed by atoms with Crippen molar-refractivity contribution in [3.05, 3.63) is 85.4 Å². The van der Waals surface area contributed by atoms with Gasteiger partial charge in [-0.05, 0) is 33.6 Å². The van der Waals surface area contributed by atoms with Gasteiger partial charge in [0.05, 0.1) is 28.8 Å². The normalized spacial score (nSPS) is 17.8. The lowest BCUT2D eigenvalue weighted by molar-refractivity contribution is 0.857. The summed E-state index contributed by atoms with van der Waals surface area (Å²) in [5, 5.41) is 19.3. The van der Waals surface area contributed by atoms with Gasteiger partial charge in [0.2, 0.25) is 0 Å². The lowest BCUT2D eigenvalue weighted by Gasteiger charge is -2.26. The summed E-state index contributed by atoms with van der Waals surface area (Å²) in [7, 11) is 1.63. The van der Waals surface area contributed by atoms with E-state index in [9.17, 15) is 15.3 Å². The first-order valence-corrected chi connectivity index (χ1v) is 8.98. The van der Waals surface area contributed by atoms with Crippen molar-refractivity contribution in [2.75, 3.05) is 0 Å². The lowest BCUT2D eigenvalue weighted by atomic mass is 9.80. The minimum Gasteiger partial charge on any atom is -0.404 e. The number of aromatic nitrogens is 1. The van der Waals surface area contributed by atoms with E-state index in [2.05, 4.69) is 33.1 Å². The summed E-state index contributed by atoms with van der Waals surface area (Å²) >= 11 is 3.45. The first-order chi connectivity index (χ1) is 13.4. The number of nitrogens with two attached hydrogens (primary N) is 2. The van der Waals surface area contributed by atoms with E-state index >= 15 is 0 Å². The van der Waals surface area contributed by atoms with Gasteiger partial charge in [0, 0.05) is 41.1 Å². The van der Waals surface area contributed by atoms with Crippen molar-refractivity contribution in [2.24, 2.45) is 23.5 Å². The SMILES string of the molecule is Cn1ccc(C2=C(C#N)C(c3cccc(C#N)c3Br)/C(=C/N)C(N)=N2)cc1=O. The first kappa shape index (κ1) is 19.2. The van der Waals surface area contributed by atoms with Crippen molar-refractivity contribution in [3.8, 4) is 12.1 Å². The topological polar surface area (TPSA) is 134 Å². The fourth-order valence-electron chi connectivity index (χ4n) is 3.08. The molecule has 4 N–H and O–H groups in total. The van der Waals surface area contributed by atoms with E-state index < -0.39 is 5.92 Å². The molecule has 0 amide bonds. The van der Waals surface area contributed by atoms with Gasteiger partial charge in [-0.25, -0.2) is 4.99 Å². The Morgan fingerprint density at radius 3 is 2.64 bits per heavy atom. The number of aliphatic imine (C=N–C) groups is 1. The molecule has 2 heterocycles. The zero-order valence-corrected chi connectivity index (χ0v) is 16.4. The maximum absolute atomic E-state index is 12.1. The monoisotopic (exact) mass is 434 g/mol. The fraction of sp³-hybridized carbons (Fsp3) is 0.100. The molecule has 0 saturated carbocycles. The first-order valence-electron chi connectivity index (χ1n) is 8.19. The van der Waals surface area contributed by atoms with E-state index in [1.165, 1.54) is 16.8 Å². The number of amidine groups is 1. The predicted octanol–water partition coefficient (Wildman–Crippen LogP) is 2.25. The fourth-order valence-corrected chi connectivity index (χ4v) is 3.66. The minimum absolute atomic E-state index is 0.149. The third-order valence-electron chi connectivity index (χ3n) is 4.52. The van der Waals surface area contributed by atoms with Gasteiger partial charge >= 0.3 is 0 Å². The molecule has 0 fully saturated rings. The van der Waals surface area contributed by atoms with Crippen LogP contribution in [0.1, 0.15) is 22.6 Å². The molecule has 0 spiro atoms. The van der Waals surface area contributed by atoms with Crippen molar-refractivity contribution >= 4 is 27.5 Å². The Morgan fingerprint density at radius 1 is 1.29 bits per heavy atom. The van der Waals surface area contributed by atoms with Crippen molar-refractivity contribution in [1.29, 1.82) is 10.5 Å². The second-order valence-corrected chi connectivity index (χ2v) is 6.90. The van der Waals surface area contributed by atoms with Crippen molar-refractivity contribution in [3.63, 3.8) is 0 Å². The summed E-state index contributed by atoms with van der Waals surface area (Å²) in [6.45, 7) is 0. The van der Waals surface area contributed by atoms with Crippen LogP contribution in [-0.2, 0) is 7.05 Å². The van der Waals surface area contributed by atoms with Crippen LogP contribution in [-0.4, -0.2) is 10.4 Å². The van der Waals surface area contributed by atoms with Gasteiger partial charge in [-0.3, -0.25) is 4.79 Å². The highest BCUT2D eigenvalue weighted by Crippen LogP contribution is 2.43. The number of nitriles is 2. The van der Waals surface area contributed by atoms with Crippen molar-refractivity contribution in [1.82, 2.24) is 4.57 Å². The molecular weight excluding hydrogens is 420 g/mol. The number of halogens is 1. The van der Waals surface area contributed by atoms with Crippen LogP contribution >= 0.6 is 15.9 Å². The number of pyridine rings is 1. The van der Waals surface area contributed by atoms with Crippen LogP contribution in [0.5, 0.6) is 0 Å². The molecule has 1 aliphatic rings. The Kier molecular flexibility index (Phi) is 5.16. The standard InChI is InChI=1S/C20H15BrN6O/c1-27-6-5-11(7-16(27)28)19-14(9-23)17(15(10-24)20(25)26-19)13-4-2-3-12(8-22)18(13)21/h2-7,10,17H,24H2,1H3,(H2,25,26)/b15-10-. The van der Waals surface area contributed by atoms with Crippen LogP contribution in [0.4, 0.5) is 0 Å². The average molecular weight is 435 g/mol. The average Bonchev–Trinajstić information content (AvgIpc) is 2.69. The molecule has 0 bridgehead atoms. The molecule has 0 saturated heterocycles. The number of aryl methyl sites for hydroxylation is 1. The van der Waals surface area contributed by atoms with Crippen LogP contribution in [0.15, 0.2) is 68.1 Å². The molecule has 8 heteroatoms. The Balaban J connectivity index is 2.34. The lowest BCUT2D eigenvalue weighted by Crippen LogP contribution is -2.27. The number of hydrogen-bond donors (Lipinski definition) is 2. The van der Waals surface area contributed by atoms with Gasteiger partial charge in [-0.2, -0.15) is 10.5 Å². The van der Waals surface area contributed by atoms with E-state index in [0.717, 1.165) is 0 Å². The molecule has 1 aromatic heterocycles. The number of nitrogens with zero attached hydrogens (tertiary/aromatic N) is 4. The molecular formula is C20H15BrN6O. The molecule has 1 unspecified atom stereocenters. The van der Waals surface area contributed by atoms with Gasteiger partial charge in [0.15, 0.2) is 0 Å². The van der Waals surface area contributed by atoms with Crippen LogP contribution in [0.2, 0.25) is 0 Å². The van der Waals surface area contributed by atoms with Crippen molar-refractivity contribution < 1.29 is 0 Å². The summed E-state index contributed by atoms with van der Waals surface area (Å²) in [4.78, 5) is 16.4. The summed E-state index contributed by atoms with van der Waals surface area (Å²) in [5.41, 5.74) is 14.3. The molecule has 28 heavy (non-hydrogen) atoms. The Morgan fingerprint density at radius 2 is 2.04 bits per heavy atom. The maximum Gasteiger partial charge on any atom is 0.250 e. The minimum atomic E-state index is -0.630. The number of benzene rings is 1. The summed E-state index contributed by atoms with van der Waals surface area (Å²) < 4.78 is 1.97. The smallest absolute Gasteiger partial charge is 0.250 e. The maximum atomic E-state index is 12.1. The summed E-state index contributed by atoms with van der Waals surface area (Å²) in [6, 6.07) is 12.6. The molecule has 0 radical (unpaired) electrons. The molecule has 1 atom stereocenters. The van der Waals surface area contributed by atoms with Crippen LogP contribution < -0.4 is 17.0 Å². The molecule has 138 valence electrons. The molecule has 2 aromatic rings. The highest BCUT2D eigenvalue weighted by atomic mass is 79.9. The van der Waals surface area contributed by atoms with Gasteiger partial charge in [0.1, 0.15) is 11.9 Å². The summed E-state index contributed by atoms with van der Waals surface area (Å²) in [6.07, 6.45) is 2.91. The summed E-state index contributed by atoms with van der Waals surface area (Å²) in [5.74, 6) is -0.481.